The van der Waals surface area contributed by atoms with E-state index in [1.54, 1.807) is 4.68 Å². The number of amides is 1. The van der Waals surface area contributed by atoms with Gasteiger partial charge in [-0.3, -0.25) is 14.4 Å². The van der Waals surface area contributed by atoms with E-state index in [1.165, 1.54) is 16.4 Å². The Bertz CT molecular complexity index is 964. The summed E-state index contributed by atoms with van der Waals surface area (Å²) in [5.41, 5.74) is 2.34. The Kier molecular flexibility index (Phi) is 5.82. The standard InChI is InChI=1S/C18H24FN5O3S/c1-13-18(14(2)22(3)21-13)20-17(25)12-23-8-10-24(11-9-23)28(26,27)16-6-4-15(19)5-7-16/h4-7H,8-12H2,1-3H3,(H,20,25). The van der Waals surface area contributed by atoms with Gasteiger partial charge in [0.25, 0.3) is 0 Å². The van der Waals surface area contributed by atoms with Crippen molar-refractivity contribution in [1.29, 1.82) is 0 Å². The van der Waals surface area contributed by atoms with Crippen LogP contribution in [0.4, 0.5) is 10.1 Å². The fourth-order valence-corrected chi connectivity index (χ4v) is 4.64. The summed E-state index contributed by atoms with van der Waals surface area (Å²) < 4.78 is 41.4. The fraction of sp³-hybridized carbons (Fsp3) is 0.444. The number of benzene rings is 1. The molecule has 1 aliphatic heterocycles. The molecule has 1 saturated heterocycles. The number of halogens is 1. The van der Waals surface area contributed by atoms with Gasteiger partial charge in [0.05, 0.1) is 28.5 Å². The molecule has 0 aliphatic carbocycles. The lowest BCUT2D eigenvalue weighted by Crippen LogP contribution is -2.50. The smallest absolute Gasteiger partial charge is 0.243 e. The van der Waals surface area contributed by atoms with Crippen molar-refractivity contribution in [3.05, 3.63) is 41.5 Å². The van der Waals surface area contributed by atoms with Gasteiger partial charge in [0, 0.05) is 33.2 Å². The molecule has 0 bridgehead atoms. The molecule has 0 saturated carbocycles. The molecule has 1 amide bonds. The summed E-state index contributed by atoms with van der Waals surface area (Å²) in [5.74, 6) is -0.636. The molecule has 1 fully saturated rings. The third-order valence-corrected chi connectivity index (χ3v) is 6.84. The van der Waals surface area contributed by atoms with Crippen molar-refractivity contribution in [2.24, 2.45) is 7.05 Å². The highest BCUT2D eigenvalue weighted by molar-refractivity contribution is 7.89. The molecule has 0 unspecified atom stereocenters. The Morgan fingerprint density at radius 1 is 1.14 bits per heavy atom. The molecular weight excluding hydrogens is 385 g/mol. The van der Waals surface area contributed by atoms with Crippen molar-refractivity contribution in [1.82, 2.24) is 19.0 Å². The zero-order chi connectivity index (χ0) is 20.5. The second-order valence-corrected chi connectivity index (χ2v) is 8.79. The van der Waals surface area contributed by atoms with Gasteiger partial charge in [-0.05, 0) is 38.1 Å². The first-order valence-corrected chi connectivity index (χ1v) is 10.4. The lowest BCUT2D eigenvalue weighted by molar-refractivity contribution is -0.117. The summed E-state index contributed by atoms with van der Waals surface area (Å²) in [5, 5.41) is 7.16. The molecule has 1 aromatic heterocycles. The molecule has 1 aliphatic rings. The lowest BCUT2D eigenvalue weighted by Gasteiger charge is -2.33. The van der Waals surface area contributed by atoms with E-state index in [2.05, 4.69) is 10.4 Å². The number of sulfonamides is 1. The maximum atomic E-state index is 13.0. The zero-order valence-corrected chi connectivity index (χ0v) is 17.0. The molecule has 152 valence electrons. The van der Waals surface area contributed by atoms with Crippen molar-refractivity contribution in [2.45, 2.75) is 18.7 Å². The van der Waals surface area contributed by atoms with Crippen LogP contribution in [0.25, 0.3) is 0 Å². The SMILES string of the molecule is Cc1nn(C)c(C)c1NC(=O)CN1CCN(S(=O)(=O)c2ccc(F)cc2)CC1. The van der Waals surface area contributed by atoms with E-state index in [9.17, 15) is 17.6 Å². The van der Waals surface area contributed by atoms with E-state index >= 15 is 0 Å². The molecule has 2 aromatic rings. The minimum absolute atomic E-state index is 0.0719. The van der Waals surface area contributed by atoms with Crippen LogP contribution in [0.5, 0.6) is 0 Å². The van der Waals surface area contributed by atoms with E-state index in [4.69, 9.17) is 0 Å². The fourth-order valence-electron chi connectivity index (χ4n) is 3.22. The number of nitrogens with zero attached hydrogens (tertiary/aromatic N) is 4. The third kappa shape index (κ3) is 4.23. The van der Waals surface area contributed by atoms with Gasteiger partial charge in [0.15, 0.2) is 0 Å². The van der Waals surface area contributed by atoms with Crippen LogP contribution in [0.2, 0.25) is 0 Å². The van der Waals surface area contributed by atoms with Crippen LogP contribution >= 0.6 is 0 Å². The van der Waals surface area contributed by atoms with Crippen molar-refractivity contribution in [2.75, 3.05) is 38.0 Å². The molecule has 0 atom stereocenters. The Balaban J connectivity index is 1.56. The number of hydrogen-bond donors (Lipinski definition) is 1. The van der Waals surface area contributed by atoms with E-state index < -0.39 is 15.8 Å². The number of anilines is 1. The van der Waals surface area contributed by atoms with Crippen LogP contribution in [0, 0.1) is 19.7 Å². The van der Waals surface area contributed by atoms with Crippen molar-refractivity contribution in [3.8, 4) is 0 Å². The van der Waals surface area contributed by atoms with Crippen LogP contribution in [0.3, 0.4) is 0 Å². The molecule has 0 radical (unpaired) electrons. The summed E-state index contributed by atoms with van der Waals surface area (Å²) in [4.78, 5) is 14.4. The number of aromatic nitrogens is 2. The molecule has 1 N–H and O–H groups in total. The van der Waals surface area contributed by atoms with Gasteiger partial charge in [-0.1, -0.05) is 0 Å². The molecule has 8 nitrogen and oxygen atoms in total. The molecule has 0 spiro atoms. The maximum Gasteiger partial charge on any atom is 0.243 e. The summed E-state index contributed by atoms with van der Waals surface area (Å²) in [6.45, 7) is 5.34. The molecule has 10 heteroatoms. The largest absolute Gasteiger partial charge is 0.322 e. The summed E-state index contributed by atoms with van der Waals surface area (Å²) in [7, 11) is -1.84. The predicted molar refractivity (Wildman–Crippen MR) is 103 cm³/mol. The normalized spacial score (nSPS) is 16.3. The van der Waals surface area contributed by atoms with Crippen LogP contribution in [0.15, 0.2) is 29.2 Å². The van der Waals surface area contributed by atoms with E-state index in [0.717, 1.165) is 23.5 Å². The Morgan fingerprint density at radius 2 is 1.75 bits per heavy atom. The van der Waals surface area contributed by atoms with Crippen LogP contribution < -0.4 is 5.32 Å². The molecule has 2 heterocycles. The average Bonchev–Trinajstić information content (AvgIpc) is 2.88. The van der Waals surface area contributed by atoms with E-state index in [0.29, 0.717) is 18.8 Å². The van der Waals surface area contributed by atoms with Crippen LogP contribution in [-0.2, 0) is 21.9 Å². The van der Waals surface area contributed by atoms with Gasteiger partial charge in [-0.15, -0.1) is 0 Å². The minimum atomic E-state index is -3.66. The number of aryl methyl sites for hydroxylation is 2. The first-order chi connectivity index (χ1) is 13.2. The van der Waals surface area contributed by atoms with E-state index in [1.807, 2.05) is 25.8 Å². The molecular formula is C18H24FN5O3S. The Labute approximate surface area is 164 Å². The third-order valence-electron chi connectivity index (χ3n) is 4.92. The monoisotopic (exact) mass is 409 g/mol. The van der Waals surface area contributed by atoms with E-state index in [-0.39, 0.29) is 30.4 Å². The van der Waals surface area contributed by atoms with Gasteiger partial charge in [-0.2, -0.15) is 9.40 Å². The highest BCUT2D eigenvalue weighted by atomic mass is 32.2. The maximum absolute atomic E-state index is 13.0. The predicted octanol–water partition coefficient (Wildman–Crippen LogP) is 1.12. The van der Waals surface area contributed by atoms with Crippen molar-refractivity contribution < 1.29 is 17.6 Å². The average molecular weight is 409 g/mol. The Morgan fingerprint density at radius 3 is 2.29 bits per heavy atom. The number of piperazine rings is 1. The summed E-state index contributed by atoms with van der Waals surface area (Å²) in [6.07, 6.45) is 0. The number of nitrogens with one attached hydrogen (secondary N) is 1. The first kappa shape index (κ1) is 20.4. The van der Waals surface area contributed by atoms with Gasteiger partial charge >= 0.3 is 0 Å². The Hall–Kier alpha value is -2.30. The molecule has 1 aromatic carbocycles. The van der Waals surface area contributed by atoms with Gasteiger partial charge in [0.2, 0.25) is 15.9 Å². The number of rotatable bonds is 5. The molecule has 28 heavy (non-hydrogen) atoms. The quantitative estimate of drug-likeness (QED) is 0.800. The lowest BCUT2D eigenvalue weighted by atomic mass is 10.3. The number of hydrogen-bond acceptors (Lipinski definition) is 5. The van der Waals surface area contributed by atoms with Crippen molar-refractivity contribution >= 4 is 21.6 Å². The zero-order valence-electron chi connectivity index (χ0n) is 16.1. The second-order valence-electron chi connectivity index (χ2n) is 6.85. The van der Waals surface area contributed by atoms with Crippen LogP contribution in [-0.4, -0.2) is 66.0 Å². The van der Waals surface area contributed by atoms with Crippen LogP contribution in [0.1, 0.15) is 11.4 Å². The van der Waals surface area contributed by atoms with Gasteiger partial charge in [0.1, 0.15) is 5.82 Å². The topological polar surface area (TPSA) is 87.5 Å². The minimum Gasteiger partial charge on any atom is -0.322 e. The number of carbonyl (C=O) groups excluding carboxylic acids is 1. The van der Waals surface area contributed by atoms with Gasteiger partial charge in [-0.25, -0.2) is 12.8 Å². The summed E-state index contributed by atoms with van der Waals surface area (Å²) in [6, 6.07) is 4.80. The highest BCUT2D eigenvalue weighted by Gasteiger charge is 2.29. The first-order valence-electron chi connectivity index (χ1n) is 8.96. The molecule has 3 rings (SSSR count). The second kappa shape index (κ2) is 7.98. The van der Waals surface area contributed by atoms with Gasteiger partial charge < -0.3 is 5.32 Å². The summed E-state index contributed by atoms with van der Waals surface area (Å²) >= 11 is 0. The highest BCUT2D eigenvalue weighted by Crippen LogP contribution is 2.20. The van der Waals surface area contributed by atoms with Crippen molar-refractivity contribution in [3.63, 3.8) is 0 Å². The number of carbonyl (C=O) groups is 1.